The third-order valence-corrected chi connectivity index (χ3v) is 3.02. The Balaban J connectivity index is 2.22. The van der Waals surface area contributed by atoms with E-state index >= 15 is 0 Å². The molecule has 1 unspecified atom stereocenters. The van der Waals surface area contributed by atoms with Crippen molar-refractivity contribution in [1.82, 2.24) is 0 Å². The summed E-state index contributed by atoms with van der Waals surface area (Å²) in [5.74, 6) is 0.396. The van der Waals surface area contributed by atoms with Crippen LogP contribution in [0.4, 0.5) is 0 Å². The van der Waals surface area contributed by atoms with Gasteiger partial charge in [0, 0.05) is 11.5 Å². The van der Waals surface area contributed by atoms with Crippen molar-refractivity contribution in [2.45, 2.75) is 25.7 Å². The molecular weight excluding hydrogens is 208 g/mol. The molecule has 1 atom stereocenters. The van der Waals surface area contributed by atoms with E-state index in [1.54, 1.807) is 6.08 Å². The summed E-state index contributed by atoms with van der Waals surface area (Å²) in [6.07, 6.45) is 2.92. The number of hydrogen-bond donors (Lipinski definition) is 0. The molecule has 0 amide bonds. The smallest absolute Gasteiger partial charge is 0.157 e. The van der Waals surface area contributed by atoms with Crippen molar-refractivity contribution in [2.75, 3.05) is 0 Å². The van der Waals surface area contributed by atoms with E-state index in [9.17, 15) is 4.79 Å². The van der Waals surface area contributed by atoms with Crippen molar-refractivity contribution in [1.29, 1.82) is 0 Å². The van der Waals surface area contributed by atoms with Crippen LogP contribution in [0.25, 0.3) is 0 Å². The molecule has 15 heavy (non-hydrogen) atoms. The Kier molecular flexibility index (Phi) is 2.92. The third kappa shape index (κ3) is 2.48. The highest BCUT2D eigenvalue weighted by molar-refractivity contribution is 6.31. The number of halogens is 1. The number of rotatable bonds is 1. The minimum atomic E-state index is 0.136. The standard InChI is InChI=1S/C13H13ClO/c1-9-2-4-10(5-3-9)11-6-12(14)8-13(15)7-11/h2-5,8,11H,6-7H2,1H3. The summed E-state index contributed by atoms with van der Waals surface area (Å²) in [7, 11) is 0. The lowest BCUT2D eigenvalue weighted by Gasteiger charge is -2.19. The molecule has 0 fully saturated rings. The van der Waals surface area contributed by atoms with Gasteiger partial charge in [0.15, 0.2) is 5.78 Å². The van der Waals surface area contributed by atoms with Crippen molar-refractivity contribution < 1.29 is 4.79 Å². The quantitative estimate of drug-likeness (QED) is 0.707. The highest BCUT2D eigenvalue weighted by Crippen LogP contribution is 2.32. The molecule has 0 bridgehead atoms. The second kappa shape index (κ2) is 4.19. The maximum Gasteiger partial charge on any atom is 0.157 e. The van der Waals surface area contributed by atoms with Gasteiger partial charge in [0.1, 0.15) is 0 Å². The lowest BCUT2D eigenvalue weighted by molar-refractivity contribution is -0.115. The first-order valence-electron chi connectivity index (χ1n) is 5.10. The topological polar surface area (TPSA) is 17.1 Å². The first-order chi connectivity index (χ1) is 7.15. The van der Waals surface area contributed by atoms with Gasteiger partial charge in [-0.1, -0.05) is 41.4 Å². The molecule has 1 aliphatic rings. The van der Waals surface area contributed by atoms with Gasteiger partial charge in [0.25, 0.3) is 0 Å². The lowest BCUT2D eigenvalue weighted by atomic mass is 9.87. The molecule has 1 aromatic rings. The zero-order chi connectivity index (χ0) is 10.8. The van der Waals surface area contributed by atoms with Crippen LogP contribution in [-0.2, 0) is 4.79 Å². The minimum absolute atomic E-state index is 0.136. The van der Waals surface area contributed by atoms with Gasteiger partial charge < -0.3 is 0 Å². The number of carbonyl (C=O) groups is 1. The Hall–Kier alpha value is -1.08. The van der Waals surface area contributed by atoms with Crippen LogP contribution < -0.4 is 0 Å². The summed E-state index contributed by atoms with van der Waals surface area (Å²) in [5, 5.41) is 0.678. The van der Waals surface area contributed by atoms with Crippen LogP contribution >= 0.6 is 11.6 Å². The van der Waals surface area contributed by atoms with Gasteiger partial charge >= 0.3 is 0 Å². The largest absolute Gasteiger partial charge is 0.295 e. The Bertz CT molecular complexity index is 403. The fourth-order valence-corrected chi connectivity index (χ4v) is 2.23. The lowest BCUT2D eigenvalue weighted by Crippen LogP contribution is -2.10. The van der Waals surface area contributed by atoms with E-state index in [2.05, 4.69) is 31.2 Å². The second-order valence-electron chi connectivity index (χ2n) is 4.07. The van der Waals surface area contributed by atoms with Crippen molar-refractivity contribution in [2.24, 2.45) is 0 Å². The Morgan fingerprint density at radius 1 is 1.20 bits per heavy atom. The summed E-state index contributed by atoms with van der Waals surface area (Å²) < 4.78 is 0. The zero-order valence-corrected chi connectivity index (χ0v) is 9.42. The fourth-order valence-electron chi connectivity index (χ4n) is 1.92. The van der Waals surface area contributed by atoms with Crippen LogP contribution in [0, 0.1) is 6.92 Å². The SMILES string of the molecule is Cc1ccc(C2CC(=O)C=C(Cl)C2)cc1. The number of aryl methyl sites for hydroxylation is 1. The first kappa shape index (κ1) is 10.4. The second-order valence-corrected chi connectivity index (χ2v) is 4.56. The summed E-state index contributed by atoms with van der Waals surface area (Å²) in [6, 6.07) is 8.32. The number of allylic oxidation sites excluding steroid dienone is 2. The molecule has 0 heterocycles. The van der Waals surface area contributed by atoms with E-state index in [-0.39, 0.29) is 11.7 Å². The van der Waals surface area contributed by atoms with Crippen molar-refractivity contribution in [3.05, 3.63) is 46.5 Å². The van der Waals surface area contributed by atoms with Crippen molar-refractivity contribution in [3.8, 4) is 0 Å². The predicted octanol–water partition coefficient (Wildman–Crippen LogP) is 3.56. The van der Waals surface area contributed by atoms with E-state index in [1.807, 2.05) is 0 Å². The van der Waals surface area contributed by atoms with Gasteiger partial charge in [0.2, 0.25) is 0 Å². The van der Waals surface area contributed by atoms with E-state index < -0.39 is 0 Å². The van der Waals surface area contributed by atoms with Crippen LogP contribution in [0.15, 0.2) is 35.4 Å². The molecular formula is C13H13ClO. The monoisotopic (exact) mass is 220 g/mol. The van der Waals surface area contributed by atoms with Crippen LogP contribution in [0.2, 0.25) is 0 Å². The molecule has 0 spiro atoms. The summed E-state index contributed by atoms with van der Waals surface area (Å²) >= 11 is 5.93. The highest BCUT2D eigenvalue weighted by atomic mass is 35.5. The molecule has 1 aliphatic carbocycles. The summed E-state index contributed by atoms with van der Waals surface area (Å²) in [6.45, 7) is 2.06. The number of hydrogen-bond acceptors (Lipinski definition) is 1. The van der Waals surface area contributed by atoms with Gasteiger partial charge in [-0.2, -0.15) is 0 Å². The molecule has 0 saturated heterocycles. The van der Waals surface area contributed by atoms with Crippen molar-refractivity contribution in [3.63, 3.8) is 0 Å². The van der Waals surface area contributed by atoms with Crippen molar-refractivity contribution >= 4 is 17.4 Å². The Labute approximate surface area is 94.8 Å². The Morgan fingerprint density at radius 3 is 2.47 bits per heavy atom. The molecule has 0 aliphatic heterocycles. The highest BCUT2D eigenvalue weighted by Gasteiger charge is 2.20. The molecule has 0 radical (unpaired) electrons. The molecule has 1 aromatic carbocycles. The van der Waals surface area contributed by atoms with Gasteiger partial charge in [-0.05, 0) is 30.9 Å². The van der Waals surface area contributed by atoms with E-state index in [1.165, 1.54) is 11.1 Å². The van der Waals surface area contributed by atoms with E-state index in [0.29, 0.717) is 11.5 Å². The van der Waals surface area contributed by atoms with E-state index in [0.717, 1.165) is 6.42 Å². The molecule has 0 N–H and O–H groups in total. The normalized spacial score (nSPS) is 21.3. The predicted molar refractivity (Wildman–Crippen MR) is 62.1 cm³/mol. The molecule has 2 heteroatoms. The summed E-state index contributed by atoms with van der Waals surface area (Å²) in [5.41, 5.74) is 2.45. The number of ketones is 1. The first-order valence-corrected chi connectivity index (χ1v) is 5.48. The molecule has 1 nitrogen and oxygen atoms in total. The van der Waals surface area contributed by atoms with Crippen LogP contribution in [-0.4, -0.2) is 5.78 Å². The van der Waals surface area contributed by atoms with E-state index in [4.69, 9.17) is 11.6 Å². The molecule has 2 rings (SSSR count). The van der Waals surface area contributed by atoms with Crippen LogP contribution in [0.1, 0.15) is 29.9 Å². The average Bonchev–Trinajstić information content (AvgIpc) is 2.17. The number of carbonyl (C=O) groups excluding carboxylic acids is 1. The maximum atomic E-state index is 11.4. The van der Waals surface area contributed by atoms with Gasteiger partial charge in [-0.25, -0.2) is 0 Å². The van der Waals surface area contributed by atoms with Crippen LogP contribution in [0.3, 0.4) is 0 Å². The molecule has 0 aromatic heterocycles. The maximum absolute atomic E-state index is 11.4. The third-order valence-electron chi connectivity index (χ3n) is 2.76. The Morgan fingerprint density at radius 2 is 1.87 bits per heavy atom. The van der Waals surface area contributed by atoms with Crippen LogP contribution in [0.5, 0.6) is 0 Å². The molecule has 0 saturated carbocycles. The number of benzene rings is 1. The summed E-state index contributed by atoms with van der Waals surface area (Å²) in [4.78, 5) is 11.4. The minimum Gasteiger partial charge on any atom is -0.295 e. The van der Waals surface area contributed by atoms with Gasteiger partial charge in [0.05, 0.1) is 0 Å². The van der Waals surface area contributed by atoms with Gasteiger partial charge in [-0.15, -0.1) is 0 Å². The average molecular weight is 221 g/mol. The zero-order valence-electron chi connectivity index (χ0n) is 8.66. The molecule has 78 valence electrons. The van der Waals surface area contributed by atoms with Gasteiger partial charge in [-0.3, -0.25) is 4.79 Å². The fraction of sp³-hybridized carbons (Fsp3) is 0.308.